The van der Waals surface area contributed by atoms with E-state index in [1.165, 1.54) is 20.4 Å². The topological polar surface area (TPSA) is 91.1 Å². The van der Waals surface area contributed by atoms with E-state index in [1.807, 2.05) is 12.1 Å². The molecule has 98 valence electrons. The number of nitrogens with zero attached hydrogens (tertiary/aromatic N) is 6. The Hall–Kier alpha value is -2.81. The lowest BCUT2D eigenvalue weighted by molar-refractivity contribution is -0.390. The molecule has 8 nitrogen and oxygen atoms in total. The molecule has 0 radical (unpaired) electrons. The van der Waals surface area contributed by atoms with Gasteiger partial charge in [0.1, 0.15) is 11.7 Å². The van der Waals surface area contributed by atoms with Crippen LogP contribution in [0.2, 0.25) is 0 Å². The maximum Gasteiger partial charge on any atom is 0.375 e. The van der Waals surface area contributed by atoms with Gasteiger partial charge in [-0.05, 0) is 17.1 Å². The smallest absolute Gasteiger partial charge is 0.358 e. The molecule has 1 aromatic carbocycles. The number of thiazole rings is 1. The fourth-order valence-corrected chi connectivity index (χ4v) is 2.80. The highest BCUT2D eigenvalue weighted by atomic mass is 32.1. The second kappa shape index (κ2) is 3.84. The summed E-state index contributed by atoms with van der Waals surface area (Å²) in [5.41, 5.74) is 1.35. The second-order valence-electron chi connectivity index (χ2n) is 4.06. The Kier molecular flexibility index (Phi) is 2.12. The van der Waals surface area contributed by atoms with Gasteiger partial charge in [-0.2, -0.15) is 14.1 Å². The molecule has 0 amide bonds. The summed E-state index contributed by atoms with van der Waals surface area (Å²) in [4.78, 5) is 15.7. The monoisotopic (exact) mass is 286 g/mol. The second-order valence-corrected chi connectivity index (χ2v) is 4.93. The maximum absolute atomic E-state index is 11.3. The van der Waals surface area contributed by atoms with Gasteiger partial charge in [0.2, 0.25) is 0 Å². The number of aromatic nitrogens is 5. The van der Waals surface area contributed by atoms with Gasteiger partial charge in [0, 0.05) is 5.38 Å². The predicted molar refractivity (Wildman–Crippen MR) is 72.1 cm³/mol. The Morgan fingerprint density at radius 2 is 2.15 bits per heavy atom. The van der Waals surface area contributed by atoms with Gasteiger partial charge >= 0.3 is 5.82 Å². The summed E-state index contributed by atoms with van der Waals surface area (Å²) in [6.07, 6.45) is 1.62. The first kappa shape index (κ1) is 11.1. The number of para-hydroxylation sites is 1. The third kappa shape index (κ3) is 1.37. The Morgan fingerprint density at radius 1 is 1.30 bits per heavy atom. The molecule has 20 heavy (non-hydrogen) atoms. The first-order chi connectivity index (χ1) is 9.75. The number of imidazole rings is 1. The van der Waals surface area contributed by atoms with Crippen LogP contribution in [-0.4, -0.2) is 29.3 Å². The summed E-state index contributed by atoms with van der Waals surface area (Å²) in [6, 6.07) is 7.25. The van der Waals surface area contributed by atoms with Crippen molar-refractivity contribution in [2.75, 3.05) is 0 Å². The number of hydrogen-bond acceptors (Lipinski definition) is 6. The summed E-state index contributed by atoms with van der Waals surface area (Å²) in [7, 11) is 0. The molecule has 0 saturated heterocycles. The highest BCUT2D eigenvalue weighted by Gasteiger charge is 2.26. The van der Waals surface area contributed by atoms with Gasteiger partial charge in [-0.1, -0.05) is 28.7 Å². The minimum absolute atomic E-state index is 0.114. The molecule has 0 aliphatic rings. The van der Waals surface area contributed by atoms with Crippen LogP contribution in [0.4, 0.5) is 5.82 Å². The van der Waals surface area contributed by atoms with Crippen LogP contribution in [0.1, 0.15) is 0 Å². The van der Waals surface area contributed by atoms with E-state index in [0.29, 0.717) is 16.0 Å². The van der Waals surface area contributed by atoms with Crippen molar-refractivity contribution in [1.82, 2.24) is 24.4 Å². The molecule has 4 aromatic rings. The van der Waals surface area contributed by atoms with Gasteiger partial charge in [-0.25, -0.2) is 0 Å². The molecule has 0 fully saturated rings. The Bertz CT molecular complexity index is 952. The van der Waals surface area contributed by atoms with E-state index >= 15 is 0 Å². The molecule has 3 heterocycles. The maximum atomic E-state index is 11.3. The molecular formula is C11H6N6O2S. The third-order valence-electron chi connectivity index (χ3n) is 2.94. The fourth-order valence-electron chi connectivity index (χ4n) is 2.10. The Morgan fingerprint density at radius 3 is 3.00 bits per heavy atom. The number of benzene rings is 1. The summed E-state index contributed by atoms with van der Waals surface area (Å²) < 4.78 is 2.84. The number of fused-ring (bicyclic) bond motifs is 2. The minimum Gasteiger partial charge on any atom is -0.358 e. The predicted octanol–water partition coefficient (Wildman–Crippen LogP) is 2.04. The van der Waals surface area contributed by atoms with Crippen LogP contribution in [-0.2, 0) is 0 Å². The zero-order valence-corrected chi connectivity index (χ0v) is 10.7. The van der Waals surface area contributed by atoms with E-state index in [0.717, 1.165) is 0 Å². The molecule has 4 rings (SSSR count). The van der Waals surface area contributed by atoms with E-state index in [4.69, 9.17) is 0 Å². The SMILES string of the molecule is O=[N+]([O-])c1c(-n2nnc3ccccc32)nc2sccn12. The lowest BCUT2D eigenvalue weighted by atomic mass is 10.3. The average molecular weight is 286 g/mol. The molecule has 0 unspecified atom stereocenters. The summed E-state index contributed by atoms with van der Waals surface area (Å²) in [6.45, 7) is 0. The standard InChI is InChI=1S/C11H6N6O2S/c18-17(19)10-9(12-11-15(10)5-6-20-11)16-8-4-2-1-3-7(8)13-14-16/h1-6H. The van der Waals surface area contributed by atoms with E-state index in [2.05, 4.69) is 15.3 Å². The van der Waals surface area contributed by atoms with Crippen molar-refractivity contribution in [2.45, 2.75) is 0 Å². The molecule has 0 atom stereocenters. The summed E-state index contributed by atoms with van der Waals surface area (Å²) in [5.74, 6) is 0.0625. The van der Waals surface area contributed by atoms with Crippen LogP contribution in [0, 0.1) is 10.1 Å². The van der Waals surface area contributed by atoms with Gasteiger partial charge in [0.15, 0.2) is 0 Å². The van der Waals surface area contributed by atoms with E-state index < -0.39 is 4.92 Å². The third-order valence-corrected chi connectivity index (χ3v) is 3.70. The highest BCUT2D eigenvalue weighted by molar-refractivity contribution is 7.15. The van der Waals surface area contributed by atoms with Crippen molar-refractivity contribution in [3.05, 3.63) is 46.0 Å². The van der Waals surface area contributed by atoms with Gasteiger partial charge in [-0.3, -0.25) is 0 Å². The lowest BCUT2D eigenvalue weighted by Gasteiger charge is -1.98. The van der Waals surface area contributed by atoms with E-state index in [1.54, 1.807) is 23.7 Å². The quantitative estimate of drug-likeness (QED) is 0.415. The van der Waals surface area contributed by atoms with Gasteiger partial charge in [0.25, 0.3) is 10.8 Å². The van der Waals surface area contributed by atoms with Crippen molar-refractivity contribution in [1.29, 1.82) is 0 Å². The average Bonchev–Trinajstić information content (AvgIpc) is 3.10. The van der Waals surface area contributed by atoms with Crippen LogP contribution >= 0.6 is 11.3 Å². The first-order valence-electron chi connectivity index (χ1n) is 5.66. The molecule has 3 aromatic heterocycles. The van der Waals surface area contributed by atoms with E-state index in [-0.39, 0.29) is 11.6 Å². The molecule has 0 N–H and O–H groups in total. The summed E-state index contributed by atoms with van der Waals surface area (Å²) >= 11 is 1.33. The molecule has 0 aliphatic heterocycles. The van der Waals surface area contributed by atoms with Crippen molar-refractivity contribution in [2.24, 2.45) is 0 Å². The molecular weight excluding hydrogens is 280 g/mol. The largest absolute Gasteiger partial charge is 0.375 e. The van der Waals surface area contributed by atoms with Crippen molar-refractivity contribution < 1.29 is 4.92 Å². The molecule has 0 spiro atoms. The van der Waals surface area contributed by atoms with Gasteiger partial charge in [-0.15, -0.1) is 5.10 Å². The fraction of sp³-hybridized carbons (Fsp3) is 0. The molecule has 0 aliphatic carbocycles. The van der Waals surface area contributed by atoms with Crippen molar-refractivity contribution >= 4 is 33.1 Å². The summed E-state index contributed by atoms with van der Waals surface area (Å²) in [5, 5.41) is 21.0. The van der Waals surface area contributed by atoms with Gasteiger partial charge < -0.3 is 10.1 Å². The Balaban J connectivity index is 2.09. The zero-order chi connectivity index (χ0) is 13.7. The zero-order valence-electron chi connectivity index (χ0n) is 9.87. The van der Waals surface area contributed by atoms with Crippen LogP contribution in [0.15, 0.2) is 35.8 Å². The molecule has 0 saturated carbocycles. The minimum atomic E-state index is -0.460. The lowest BCUT2D eigenvalue weighted by Crippen LogP contribution is -2.02. The Labute approximate surface area is 115 Å². The van der Waals surface area contributed by atoms with Crippen molar-refractivity contribution in [3.63, 3.8) is 0 Å². The number of hydrogen-bond donors (Lipinski definition) is 0. The van der Waals surface area contributed by atoms with Crippen LogP contribution < -0.4 is 0 Å². The first-order valence-corrected chi connectivity index (χ1v) is 6.54. The highest BCUT2D eigenvalue weighted by Crippen LogP contribution is 2.28. The van der Waals surface area contributed by atoms with Crippen LogP contribution in [0.3, 0.4) is 0 Å². The number of rotatable bonds is 2. The van der Waals surface area contributed by atoms with Crippen molar-refractivity contribution in [3.8, 4) is 5.82 Å². The number of nitro groups is 1. The van der Waals surface area contributed by atoms with Gasteiger partial charge in [0.05, 0.1) is 5.52 Å². The normalized spacial score (nSPS) is 11.4. The van der Waals surface area contributed by atoms with Crippen LogP contribution in [0.25, 0.3) is 21.8 Å². The molecule has 9 heteroatoms. The van der Waals surface area contributed by atoms with Crippen LogP contribution in [0.5, 0.6) is 0 Å². The van der Waals surface area contributed by atoms with E-state index in [9.17, 15) is 10.1 Å². The molecule has 0 bridgehead atoms.